The molecule has 0 radical (unpaired) electrons. The average molecular weight is 321 g/mol. The lowest BCUT2D eigenvalue weighted by atomic mass is 10.2. The Morgan fingerprint density at radius 3 is 2.55 bits per heavy atom. The van der Waals surface area contributed by atoms with E-state index in [0.717, 1.165) is 17.1 Å². The molecule has 2 nitrogen and oxygen atoms in total. The Kier molecular flexibility index (Phi) is 4.25. The maximum Gasteiger partial charge on any atom is 0.417 e. The van der Waals surface area contributed by atoms with Gasteiger partial charge in [-0.05, 0) is 32.0 Å². The zero-order valence-electron chi connectivity index (χ0n) is 10.8. The smallest absolute Gasteiger partial charge is 0.362 e. The Hall–Kier alpha value is -1.27. The van der Waals surface area contributed by atoms with Gasteiger partial charge in [0.15, 0.2) is 0 Å². The molecule has 0 aliphatic rings. The van der Waals surface area contributed by atoms with Gasteiger partial charge in [0.2, 0.25) is 0 Å². The van der Waals surface area contributed by atoms with E-state index in [0.29, 0.717) is 0 Å². The molecule has 0 fully saturated rings. The van der Waals surface area contributed by atoms with Gasteiger partial charge in [0, 0.05) is 16.0 Å². The molecule has 0 spiro atoms. The van der Waals surface area contributed by atoms with Crippen LogP contribution in [0.3, 0.4) is 0 Å². The zero-order valence-corrected chi connectivity index (χ0v) is 12.3. The Balaban J connectivity index is 2.18. The van der Waals surface area contributed by atoms with E-state index in [1.54, 1.807) is 11.3 Å². The molecule has 0 aromatic carbocycles. The van der Waals surface area contributed by atoms with Gasteiger partial charge in [-0.1, -0.05) is 11.6 Å². The summed E-state index contributed by atoms with van der Waals surface area (Å²) in [6, 6.07) is 4.76. The van der Waals surface area contributed by atoms with Crippen molar-refractivity contribution in [1.29, 1.82) is 0 Å². The predicted molar refractivity (Wildman–Crippen MR) is 75.3 cm³/mol. The summed E-state index contributed by atoms with van der Waals surface area (Å²) >= 11 is 7.47. The van der Waals surface area contributed by atoms with Gasteiger partial charge < -0.3 is 5.32 Å². The fraction of sp³-hybridized carbons (Fsp3) is 0.308. The lowest BCUT2D eigenvalue weighted by Crippen LogP contribution is -2.10. The second-order valence-electron chi connectivity index (χ2n) is 4.37. The molecule has 1 unspecified atom stereocenters. The van der Waals surface area contributed by atoms with Crippen LogP contribution in [0.5, 0.6) is 0 Å². The van der Waals surface area contributed by atoms with Crippen LogP contribution in [0.2, 0.25) is 5.02 Å². The molecule has 1 atom stereocenters. The third-order valence-electron chi connectivity index (χ3n) is 2.71. The van der Waals surface area contributed by atoms with E-state index in [-0.39, 0.29) is 16.9 Å². The van der Waals surface area contributed by atoms with Gasteiger partial charge in [0.25, 0.3) is 0 Å². The first kappa shape index (κ1) is 15.1. The minimum absolute atomic E-state index is 0.0417. The van der Waals surface area contributed by atoms with E-state index in [9.17, 15) is 13.2 Å². The van der Waals surface area contributed by atoms with Crippen molar-refractivity contribution in [3.05, 3.63) is 44.7 Å². The second kappa shape index (κ2) is 5.61. The second-order valence-corrected chi connectivity index (χ2v) is 6.09. The number of nitrogens with one attached hydrogen (secondary N) is 1. The van der Waals surface area contributed by atoms with E-state index in [2.05, 4.69) is 10.3 Å². The van der Waals surface area contributed by atoms with E-state index < -0.39 is 11.7 Å². The number of nitrogens with zero attached hydrogens (tertiary/aromatic N) is 1. The molecule has 0 aliphatic heterocycles. The molecule has 7 heteroatoms. The summed E-state index contributed by atoms with van der Waals surface area (Å²) in [5.74, 6) is 0.248. The lowest BCUT2D eigenvalue weighted by Gasteiger charge is -2.15. The maximum atomic E-state index is 12.5. The normalized spacial score (nSPS) is 13.3. The third kappa shape index (κ3) is 3.43. The Morgan fingerprint density at radius 2 is 2.05 bits per heavy atom. The topological polar surface area (TPSA) is 24.9 Å². The van der Waals surface area contributed by atoms with E-state index in [4.69, 9.17) is 11.6 Å². The third-order valence-corrected chi connectivity index (χ3v) is 4.18. The van der Waals surface area contributed by atoms with Crippen LogP contribution in [0.4, 0.5) is 19.0 Å². The fourth-order valence-corrected chi connectivity index (χ4v) is 2.76. The van der Waals surface area contributed by atoms with Crippen molar-refractivity contribution in [3.63, 3.8) is 0 Å². The molecule has 2 aromatic heterocycles. The highest BCUT2D eigenvalue weighted by atomic mass is 35.5. The number of alkyl halides is 3. The largest absolute Gasteiger partial charge is 0.417 e. The lowest BCUT2D eigenvalue weighted by molar-refractivity contribution is -0.137. The summed E-state index contributed by atoms with van der Waals surface area (Å²) in [4.78, 5) is 6.00. The highest BCUT2D eigenvalue weighted by Gasteiger charge is 2.31. The molecule has 2 heterocycles. The monoisotopic (exact) mass is 320 g/mol. The molecule has 108 valence electrons. The number of aryl methyl sites for hydroxylation is 1. The summed E-state index contributed by atoms with van der Waals surface area (Å²) < 4.78 is 37.5. The SMILES string of the molecule is Cc1ccc(C(C)Nc2ncc(C(F)(F)F)cc2Cl)s1. The van der Waals surface area contributed by atoms with E-state index in [1.807, 2.05) is 26.0 Å². The number of aromatic nitrogens is 1. The molecule has 0 saturated carbocycles. The van der Waals surface area contributed by atoms with E-state index >= 15 is 0 Å². The number of pyridine rings is 1. The molecule has 2 aromatic rings. The first-order chi connectivity index (χ1) is 9.27. The summed E-state index contributed by atoms with van der Waals surface area (Å²) in [6.45, 7) is 3.89. The minimum atomic E-state index is -4.44. The van der Waals surface area contributed by atoms with Crippen molar-refractivity contribution in [3.8, 4) is 0 Å². The number of anilines is 1. The number of halogens is 4. The Bertz CT molecular complexity index is 610. The van der Waals surface area contributed by atoms with E-state index in [1.165, 1.54) is 4.88 Å². The van der Waals surface area contributed by atoms with Crippen LogP contribution in [0, 0.1) is 6.92 Å². The first-order valence-corrected chi connectivity index (χ1v) is 7.02. The van der Waals surface area contributed by atoms with Crippen LogP contribution in [0.15, 0.2) is 24.4 Å². The van der Waals surface area contributed by atoms with Crippen LogP contribution in [0.1, 0.15) is 28.3 Å². The van der Waals surface area contributed by atoms with Gasteiger partial charge in [-0.2, -0.15) is 13.2 Å². The molecular formula is C13H12ClF3N2S. The molecule has 0 aliphatic carbocycles. The number of hydrogen-bond acceptors (Lipinski definition) is 3. The Labute approximate surface area is 123 Å². The molecular weight excluding hydrogens is 309 g/mol. The highest BCUT2D eigenvalue weighted by molar-refractivity contribution is 7.12. The Morgan fingerprint density at radius 1 is 1.35 bits per heavy atom. The average Bonchev–Trinajstić information content (AvgIpc) is 2.77. The molecule has 1 N–H and O–H groups in total. The maximum absolute atomic E-state index is 12.5. The van der Waals surface area contributed by atoms with Crippen molar-refractivity contribution in [2.45, 2.75) is 26.1 Å². The summed E-state index contributed by atoms with van der Waals surface area (Å²) in [6.07, 6.45) is -3.66. The van der Waals surface area contributed by atoms with Gasteiger partial charge >= 0.3 is 6.18 Å². The van der Waals surface area contributed by atoms with Gasteiger partial charge in [-0.3, -0.25) is 0 Å². The van der Waals surface area contributed by atoms with Gasteiger partial charge in [0.1, 0.15) is 5.82 Å². The quantitative estimate of drug-likeness (QED) is 0.830. The van der Waals surface area contributed by atoms with Crippen LogP contribution in [0.25, 0.3) is 0 Å². The number of thiophene rings is 1. The number of rotatable bonds is 3. The van der Waals surface area contributed by atoms with Crippen molar-refractivity contribution in [2.24, 2.45) is 0 Å². The van der Waals surface area contributed by atoms with Crippen LogP contribution >= 0.6 is 22.9 Å². The standard InChI is InChI=1S/C13H12ClF3N2S/c1-7-3-4-11(20-7)8(2)19-12-10(14)5-9(6-18-12)13(15,16)17/h3-6,8H,1-2H3,(H,18,19). The van der Waals surface area contributed by atoms with Crippen molar-refractivity contribution in [1.82, 2.24) is 4.98 Å². The van der Waals surface area contributed by atoms with Crippen molar-refractivity contribution in [2.75, 3.05) is 5.32 Å². The molecule has 0 amide bonds. The summed E-state index contributed by atoms with van der Waals surface area (Å²) in [7, 11) is 0. The highest BCUT2D eigenvalue weighted by Crippen LogP contribution is 2.33. The number of hydrogen-bond donors (Lipinski definition) is 1. The van der Waals surface area contributed by atoms with Crippen LogP contribution in [-0.4, -0.2) is 4.98 Å². The molecule has 0 bridgehead atoms. The van der Waals surface area contributed by atoms with Crippen LogP contribution in [-0.2, 0) is 6.18 Å². The van der Waals surface area contributed by atoms with Crippen LogP contribution < -0.4 is 5.32 Å². The van der Waals surface area contributed by atoms with Gasteiger partial charge in [-0.25, -0.2) is 4.98 Å². The van der Waals surface area contributed by atoms with Crippen molar-refractivity contribution >= 4 is 28.8 Å². The molecule has 0 saturated heterocycles. The minimum Gasteiger partial charge on any atom is -0.362 e. The predicted octanol–water partition coefficient (Wildman–Crippen LogP) is 5.30. The van der Waals surface area contributed by atoms with Gasteiger partial charge in [-0.15, -0.1) is 11.3 Å². The zero-order chi connectivity index (χ0) is 14.9. The fourth-order valence-electron chi connectivity index (χ4n) is 1.66. The summed E-state index contributed by atoms with van der Waals surface area (Å²) in [5, 5.41) is 2.98. The molecule has 2 rings (SSSR count). The van der Waals surface area contributed by atoms with Gasteiger partial charge in [0.05, 0.1) is 16.6 Å². The van der Waals surface area contributed by atoms with Crippen molar-refractivity contribution < 1.29 is 13.2 Å². The summed E-state index contributed by atoms with van der Waals surface area (Å²) in [5.41, 5.74) is -0.854. The molecule has 20 heavy (non-hydrogen) atoms. The first-order valence-electron chi connectivity index (χ1n) is 5.83.